The molecule has 1 aromatic rings. The normalized spacial score (nSPS) is 12.3. The van der Waals surface area contributed by atoms with Crippen LogP contribution in [0.15, 0.2) is 24.3 Å². The van der Waals surface area contributed by atoms with Gasteiger partial charge in [0.05, 0.1) is 12.7 Å². The third-order valence-corrected chi connectivity index (χ3v) is 3.67. The summed E-state index contributed by atoms with van der Waals surface area (Å²) in [5.74, 6) is 0.906. The molecule has 0 aliphatic carbocycles. The first-order valence-corrected chi connectivity index (χ1v) is 8.18. The van der Waals surface area contributed by atoms with E-state index in [1.165, 1.54) is 38.5 Å². The van der Waals surface area contributed by atoms with E-state index in [-0.39, 0.29) is 6.10 Å². The highest BCUT2D eigenvalue weighted by atomic mass is 16.5. The second-order valence-corrected chi connectivity index (χ2v) is 5.46. The first-order valence-electron chi connectivity index (χ1n) is 8.18. The molecule has 0 radical (unpaired) electrons. The second-order valence-electron chi connectivity index (χ2n) is 5.46. The highest BCUT2D eigenvalue weighted by molar-refractivity contribution is 5.28. The minimum absolute atomic E-state index is 0.354. The molecular weight excluding hydrogens is 248 g/mol. The number of unbranched alkanes of at least 4 members (excludes halogenated alkanes) is 6. The average molecular weight is 278 g/mol. The molecule has 114 valence electrons. The summed E-state index contributed by atoms with van der Waals surface area (Å²) in [6, 6.07) is 7.81. The van der Waals surface area contributed by atoms with E-state index in [0.717, 1.165) is 30.8 Å². The van der Waals surface area contributed by atoms with Gasteiger partial charge in [-0.3, -0.25) is 0 Å². The van der Waals surface area contributed by atoms with Crippen LogP contribution in [0.3, 0.4) is 0 Å². The van der Waals surface area contributed by atoms with Gasteiger partial charge in [0, 0.05) is 0 Å². The van der Waals surface area contributed by atoms with Gasteiger partial charge in [-0.15, -0.1) is 0 Å². The number of ether oxygens (including phenoxy) is 1. The lowest BCUT2D eigenvalue weighted by Crippen LogP contribution is -1.99. The van der Waals surface area contributed by atoms with Crippen LogP contribution in [0.2, 0.25) is 0 Å². The average Bonchev–Trinajstić information content (AvgIpc) is 2.50. The molecule has 1 aromatic carbocycles. The van der Waals surface area contributed by atoms with Gasteiger partial charge in [-0.1, -0.05) is 64.5 Å². The van der Waals surface area contributed by atoms with Gasteiger partial charge in [0.25, 0.3) is 0 Å². The van der Waals surface area contributed by atoms with Crippen LogP contribution in [0, 0.1) is 0 Å². The van der Waals surface area contributed by atoms with Crippen LogP contribution in [0.1, 0.15) is 76.9 Å². The SMILES string of the molecule is CCCCCCCCCOc1ccc([C@@H](O)CC)cc1. The van der Waals surface area contributed by atoms with E-state index in [1.54, 1.807) is 0 Å². The van der Waals surface area contributed by atoms with E-state index >= 15 is 0 Å². The summed E-state index contributed by atoms with van der Waals surface area (Å²) in [6.07, 6.45) is 9.52. The van der Waals surface area contributed by atoms with E-state index in [0.29, 0.717) is 0 Å². The molecule has 0 amide bonds. The Morgan fingerprint density at radius 2 is 1.50 bits per heavy atom. The van der Waals surface area contributed by atoms with Crippen molar-refractivity contribution in [2.45, 2.75) is 71.3 Å². The van der Waals surface area contributed by atoms with Crippen LogP contribution in [0.4, 0.5) is 0 Å². The summed E-state index contributed by atoms with van der Waals surface area (Å²) >= 11 is 0. The molecule has 0 spiro atoms. The Morgan fingerprint density at radius 3 is 2.10 bits per heavy atom. The topological polar surface area (TPSA) is 29.5 Å². The number of hydrogen-bond donors (Lipinski definition) is 1. The molecule has 0 aromatic heterocycles. The molecule has 1 atom stereocenters. The highest BCUT2D eigenvalue weighted by Gasteiger charge is 2.04. The Morgan fingerprint density at radius 1 is 0.900 bits per heavy atom. The molecule has 0 saturated carbocycles. The maximum absolute atomic E-state index is 9.71. The molecule has 0 aliphatic heterocycles. The maximum atomic E-state index is 9.71. The highest BCUT2D eigenvalue weighted by Crippen LogP contribution is 2.20. The minimum Gasteiger partial charge on any atom is -0.494 e. The fourth-order valence-corrected chi connectivity index (χ4v) is 2.27. The number of rotatable bonds is 11. The molecule has 20 heavy (non-hydrogen) atoms. The van der Waals surface area contributed by atoms with Crippen molar-refractivity contribution >= 4 is 0 Å². The lowest BCUT2D eigenvalue weighted by atomic mass is 10.1. The lowest BCUT2D eigenvalue weighted by molar-refractivity contribution is 0.173. The quantitative estimate of drug-likeness (QED) is 0.559. The maximum Gasteiger partial charge on any atom is 0.119 e. The van der Waals surface area contributed by atoms with Gasteiger partial charge in [0.15, 0.2) is 0 Å². The van der Waals surface area contributed by atoms with Crippen LogP contribution >= 0.6 is 0 Å². The van der Waals surface area contributed by atoms with Gasteiger partial charge in [0.1, 0.15) is 5.75 Å². The molecule has 0 aliphatic rings. The summed E-state index contributed by atoms with van der Waals surface area (Å²) in [5, 5.41) is 9.71. The van der Waals surface area contributed by atoms with E-state index < -0.39 is 0 Å². The molecular formula is C18H30O2. The largest absolute Gasteiger partial charge is 0.494 e. The fraction of sp³-hybridized carbons (Fsp3) is 0.667. The van der Waals surface area contributed by atoms with Crippen LogP contribution in [-0.2, 0) is 0 Å². The first-order chi connectivity index (χ1) is 9.77. The molecule has 0 bridgehead atoms. The van der Waals surface area contributed by atoms with Crippen molar-refractivity contribution in [3.05, 3.63) is 29.8 Å². The van der Waals surface area contributed by atoms with Crippen LogP contribution in [0.5, 0.6) is 5.75 Å². The Bertz CT molecular complexity index is 332. The minimum atomic E-state index is -0.354. The van der Waals surface area contributed by atoms with E-state index in [2.05, 4.69) is 6.92 Å². The Labute approximate surface area is 124 Å². The van der Waals surface area contributed by atoms with E-state index in [4.69, 9.17) is 4.74 Å². The zero-order valence-corrected chi connectivity index (χ0v) is 13.1. The van der Waals surface area contributed by atoms with Crippen LogP contribution in [-0.4, -0.2) is 11.7 Å². The van der Waals surface area contributed by atoms with Crippen molar-refractivity contribution in [3.63, 3.8) is 0 Å². The second kappa shape index (κ2) is 10.7. The van der Waals surface area contributed by atoms with Crippen LogP contribution < -0.4 is 4.74 Å². The summed E-state index contributed by atoms with van der Waals surface area (Å²) in [7, 11) is 0. The molecule has 0 saturated heterocycles. The summed E-state index contributed by atoms with van der Waals surface area (Å²) in [4.78, 5) is 0. The molecule has 2 heteroatoms. The zero-order valence-electron chi connectivity index (χ0n) is 13.1. The van der Waals surface area contributed by atoms with Crippen molar-refractivity contribution in [1.82, 2.24) is 0 Å². The van der Waals surface area contributed by atoms with Crippen molar-refractivity contribution in [1.29, 1.82) is 0 Å². The lowest BCUT2D eigenvalue weighted by Gasteiger charge is -2.10. The van der Waals surface area contributed by atoms with Crippen LogP contribution in [0.25, 0.3) is 0 Å². The van der Waals surface area contributed by atoms with Crippen molar-refractivity contribution in [2.24, 2.45) is 0 Å². The third kappa shape index (κ3) is 6.95. The number of aliphatic hydroxyl groups excluding tert-OH is 1. The molecule has 0 unspecified atom stereocenters. The predicted molar refractivity (Wildman–Crippen MR) is 85.2 cm³/mol. The Balaban J connectivity index is 2.10. The van der Waals surface area contributed by atoms with Gasteiger partial charge in [0.2, 0.25) is 0 Å². The smallest absolute Gasteiger partial charge is 0.119 e. The standard InChI is InChI=1S/C18H30O2/c1-3-5-6-7-8-9-10-15-20-17-13-11-16(12-14-17)18(19)4-2/h11-14,18-19H,3-10,15H2,1-2H3/t18-/m0/s1. The zero-order chi connectivity index (χ0) is 14.6. The van der Waals surface area contributed by atoms with Gasteiger partial charge in [-0.2, -0.15) is 0 Å². The van der Waals surface area contributed by atoms with E-state index in [9.17, 15) is 5.11 Å². The van der Waals surface area contributed by atoms with Gasteiger partial charge in [-0.05, 0) is 30.5 Å². The molecule has 0 fully saturated rings. The molecule has 1 rings (SSSR count). The predicted octanol–water partition coefficient (Wildman–Crippen LogP) is 5.26. The van der Waals surface area contributed by atoms with E-state index in [1.807, 2.05) is 31.2 Å². The van der Waals surface area contributed by atoms with Gasteiger partial charge in [-0.25, -0.2) is 0 Å². The molecule has 1 N–H and O–H groups in total. The van der Waals surface area contributed by atoms with Crippen molar-refractivity contribution in [2.75, 3.05) is 6.61 Å². The summed E-state index contributed by atoms with van der Waals surface area (Å²) in [5.41, 5.74) is 0.968. The number of aliphatic hydroxyl groups is 1. The summed E-state index contributed by atoms with van der Waals surface area (Å²) < 4.78 is 5.72. The first kappa shape index (κ1) is 17.0. The Hall–Kier alpha value is -1.02. The fourth-order valence-electron chi connectivity index (χ4n) is 2.27. The summed E-state index contributed by atoms with van der Waals surface area (Å²) in [6.45, 7) is 5.03. The van der Waals surface area contributed by atoms with Gasteiger partial charge >= 0.3 is 0 Å². The monoisotopic (exact) mass is 278 g/mol. The molecule has 0 heterocycles. The van der Waals surface area contributed by atoms with Gasteiger partial charge < -0.3 is 9.84 Å². The number of benzene rings is 1. The number of hydrogen-bond acceptors (Lipinski definition) is 2. The Kier molecular flexibility index (Phi) is 9.14. The third-order valence-electron chi connectivity index (χ3n) is 3.67. The molecule has 2 nitrogen and oxygen atoms in total. The van der Waals surface area contributed by atoms with Crippen molar-refractivity contribution < 1.29 is 9.84 Å². The van der Waals surface area contributed by atoms with Crippen molar-refractivity contribution in [3.8, 4) is 5.75 Å².